The van der Waals surface area contributed by atoms with Crippen LogP contribution in [0.25, 0.3) is 10.9 Å². The van der Waals surface area contributed by atoms with E-state index in [1.165, 1.54) is 0 Å². The van der Waals surface area contributed by atoms with Gasteiger partial charge in [-0.25, -0.2) is 0 Å². The molecule has 0 radical (unpaired) electrons. The Hall–Kier alpha value is -5.22. The van der Waals surface area contributed by atoms with Crippen LogP contribution in [-0.4, -0.2) is 15.9 Å². The fourth-order valence-electron chi connectivity index (χ4n) is 3.67. The second-order valence-corrected chi connectivity index (χ2v) is 7.80. The lowest BCUT2D eigenvalue weighted by atomic mass is 10.1. The van der Waals surface area contributed by atoms with Gasteiger partial charge in [-0.15, -0.1) is 0 Å². The second-order valence-electron chi connectivity index (χ2n) is 7.80. The van der Waals surface area contributed by atoms with Gasteiger partial charge in [-0.05, 0) is 78.9 Å². The number of benzene rings is 3. The molecule has 0 atom stereocenters. The van der Waals surface area contributed by atoms with Crippen molar-refractivity contribution in [3.05, 3.63) is 115 Å². The molecular weight excluding hydrogens is 436 g/mol. The van der Waals surface area contributed by atoms with Gasteiger partial charge in [-0.1, -0.05) is 6.07 Å². The fourth-order valence-corrected chi connectivity index (χ4v) is 3.67. The van der Waals surface area contributed by atoms with E-state index in [2.05, 4.69) is 32.0 Å². The first kappa shape index (κ1) is 21.6. The number of pyridine rings is 2. The van der Waals surface area contributed by atoms with E-state index < -0.39 is 0 Å². The standard InChI is InChI=1S/C28H20N6O/c29-18-19-4-9-26-25(16-19)27(12-15-31-26)33-21-7-5-20(6-8-21)28(35)34-24-3-1-2-23(17-24)32-22-10-13-30-14-11-22/h1-17H,(H,30,32)(H,31,33)(H,34,35). The number of aromatic nitrogens is 2. The van der Waals surface area contributed by atoms with Crippen molar-refractivity contribution in [2.75, 3.05) is 16.0 Å². The van der Waals surface area contributed by atoms with Crippen molar-refractivity contribution >= 4 is 45.2 Å². The molecule has 0 aliphatic carbocycles. The monoisotopic (exact) mass is 456 g/mol. The van der Waals surface area contributed by atoms with E-state index in [4.69, 9.17) is 0 Å². The Balaban J connectivity index is 1.28. The summed E-state index contributed by atoms with van der Waals surface area (Å²) < 4.78 is 0. The van der Waals surface area contributed by atoms with Crippen LogP contribution in [0, 0.1) is 11.3 Å². The molecule has 3 N–H and O–H groups in total. The van der Waals surface area contributed by atoms with Crippen LogP contribution in [0.15, 0.2) is 104 Å². The van der Waals surface area contributed by atoms with Gasteiger partial charge in [0.05, 0.1) is 17.1 Å². The van der Waals surface area contributed by atoms with Crippen molar-refractivity contribution in [3.8, 4) is 6.07 Å². The number of amides is 1. The van der Waals surface area contributed by atoms with Gasteiger partial charge in [-0.3, -0.25) is 14.8 Å². The minimum Gasteiger partial charge on any atom is -0.355 e. The molecule has 5 rings (SSSR count). The molecule has 0 spiro atoms. The van der Waals surface area contributed by atoms with Crippen molar-refractivity contribution in [1.29, 1.82) is 5.26 Å². The number of hydrogen-bond donors (Lipinski definition) is 3. The molecule has 2 aromatic heterocycles. The zero-order valence-electron chi connectivity index (χ0n) is 18.6. The van der Waals surface area contributed by atoms with Crippen LogP contribution >= 0.6 is 0 Å². The van der Waals surface area contributed by atoms with Crippen LogP contribution in [0.1, 0.15) is 15.9 Å². The minimum absolute atomic E-state index is 0.203. The summed E-state index contributed by atoms with van der Waals surface area (Å²) in [5.74, 6) is -0.203. The Morgan fingerprint density at radius 3 is 2.31 bits per heavy atom. The molecule has 3 aromatic carbocycles. The zero-order chi connectivity index (χ0) is 24.0. The van der Waals surface area contributed by atoms with Crippen LogP contribution in [0.2, 0.25) is 0 Å². The molecular formula is C28H20N6O. The van der Waals surface area contributed by atoms with Gasteiger partial charge in [-0.2, -0.15) is 5.26 Å². The molecule has 35 heavy (non-hydrogen) atoms. The average Bonchev–Trinajstić information content (AvgIpc) is 2.90. The van der Waals surface area contributed by atoms with Crippen LogP contribution in [0.5, 0.6) is 0 Å². The fraction of sp³-hybridized carbons (Fsp3) is 0. The van der Waals surface area contributed by atoms with Crippen molar-refractivity contribution < 1.29 is 4.79 Å². The van der Waals surface area contributed by atoms with Gasteiger partial charge in [0.1, 0.15) is 0 Å². The van der Waals surface area contributed by atoms with Crippen molar-refractivity contribution in [2.24, 2.45) is 0 Å². The number of anilines is 5. The molecule has 0 aliphatic heterocycles. The second kappa shape index (κ2) is 9.73. The van der Waals surface area contributed by atoms with E-state index in [0.717, 1.165) is 33.7 Å². The number of nitriles is 1. The van der Waals surface area contributed by atoms with E-state index in [1.54, 1.807) is 36.8 Å². The molecule has 168 valence electrons. The Kier molecular flexibility index (Phi) is 6.01. The SMILES string of the molecule is N#Cc1ccc2nccc(Nc3ccc(C(=O)Nc4cccc(Nc5ccncc5)c4)cc3)c2c1. The number of fused-ring (bicyclic) bond motifs is 1. The summed E-state index contributed by atoms with van der Waals surface area (Å²) in [4.78, 5) is 21.2. The van der Waals surface area contributed by atoms with Gasteiger partial charge < -0.3 is 16.0 Å². The molecule has 1 amide bonds. The van der Waals surface area contributed by atoms with Gasteiger partial charge in [0, 0.05) is 58.0 Å². The molecule has 5 aromatic rings. The Morgan fingerprint density at radius 1 is 0.743 bits per heavy atom. The largest absolute Gasteiger partial charge is 0.355 e. The average molecular weight is 457 g/mol. The zero-order valence-corrected chi connectivity index (χ0v) is 18.6. The maximum Gasteiger partial charge on any atom is 0.255 e. The summed E-state index contributed by atoms with van der Waals surface area (Å²) >= 11 is 0. The van der Waals surface area contributed by atoms with Crippen LogP contribution in [-0.2, 0) is 0 Å². The Morgan fingerprint density at radius 2 is 1.51 bits per heavy atom. The van der Waals surface area contributed by atoms with E-state index in [0.29, 0.717) is 16.8 Å². The van der Waals surface area contributed by atoms with Crippen LogP contribution < -0.4 is 16.0 Å². The topological polar surface area (TPSA) is 103 Å². The molecule has 0 fully saturated rings. The molecule has 0 saturated carbocycles. The van der Waals surface area contributed by atoms with E-state index in [-0.39, 0.29) is 5.91 Å². The third kappa shape index (κ3) is 5.07. The summed E-state index contributed by atoms with van der Waals surface area (Å²) in [6.45, 7) is 0. The predicted molar refractivity (Wildman–Crippen MR) is 138 cm³/mol. The molecule has 0 aliphatic rings. The first-order chi connectivity index (χ1) is 17.2. The maximum atomic E-state index is 12.8. The summed E-state index contributed by atoms with van der Waals surface area (Å²) in [5.41, 5.74) is 6.02. The first-order valence-corrected chi connectivity index (χ1v) is 10.9. The van der Waals surface area contributed by atoms with Gasteiger partial charge >= 0.3 is 0 Å². The van der Waals surface area contributed by atoms with Crippen molar-refractivity contribution in [3.63, 3.8) is 0 Å². The van der Waals surface area contributed by atoms with Gasteiger partial charge in [0.25, 0.3) is 5.91 Å². The van der Waals surface area contributed by atoms with Gasteiger partial charge in [0.2, 0.25) is 0 Å². The van der Waals surface area contributed by atoms with Crippen molar-refractivity contribution in [1.82, 2.24) is 9.97 Å². The first-order valence-electron chi connectivity index (χ1n) is 10.9. The lowest BCUT2D eigenvalue weighted by Gasteiger charge is -2.11. The molecule has 2 heterocycles. The summed E-state index contributed by atoms with van der Waals surface area (Å²) in [6, 6.07) is 27.9. The lowest BCUT2D eigenvalue weighted by molar-refractivity contribution is 0.102. The number of rotatable bonds is 6. The number of nitrogens with one attached hydrogen (secondary N) is 3. The number of carbonyl (C=O) groups is 1. The van der Waals surface area contributed by atoms with E-state index in [1.807, 2.05) is 66.7 Å². The van der Waals surface area contributed by atoms with Crippen molar-refractivity contribution in [2.45, 2.75) is 0 Å². The molecule has 7 heteroatoms. The summed E-state index contributed by atoms with van der Waals surface area (Å²) in [7, 11) is 0. The third-order valence-corrected chi connectivity index (χ3v) is 5.39. The molecule has 0 saturated heterocycles. The highest BCUT2D eigenvalue weighted by atomic mass is 16.1. The van der Waals surface area contributed by atoms with Crippen LogP contribution in [0.3, 0.4) is 0 Å². The highest BCUT2D eigenvalue weighted by Crippen LogP contribution is 2.26. The van der Waals surface area contributed by atoms with E-state index in [9.17, 15) is 10.1 Å². The van der Waals surface area contributed by atoms with Gasteiger partial charge in [0.15, 0.2) is 0 Å². The number of hydrogen-bond acceptors (Lipinski definition) is 6. The minimum atomic E-state index is -0.203. The summed E-state index contributed by atoms with van der Waals surface area (Å²) in [5, 5.41) is 19.6. The predicted octanol–water partition coefficient (Wildman–Crippen LogP) is 6.24. The number of nitrogens with zero attached hydrogens (tertiary/aromatic N) is 3. The van der Waals surface area contributed by atoms with Crippen LogP contribution in [0.4, 0.5) is 28.4 Å². The molecule has 0 bridgehead atoms. The highest BCUT2D eigenvalue weighted by molar-refractivity contribution is 6.04. The normalized spacial score (nSPS) is 10.4. The van der Waals surface area contributed by atoms with E-state index >= 15 is 0 Å². The number of carbonyl (C=O) groups excluding carboxylic acids is 1. The quantitative estimate of drug-likeness (QED) is 0.279. The maximum absolute atomic E-state index is 12.8. The molecule has 7 nitrogen and oxygen atoms in total. The lowest BCUT2D eigenvalue weighted by Crippen LogP contribution is -2.11. The smallest absolute Gasteiger partial charge is 0.255 e. The highest BCUT2D eigenvalue weighted by Gasteiger charge is 2.08. The Bertz CT molecular complexity index is 1540. The summed E-state index contributed by atoms with van der Waals surface area (Å²) in [6.07, 6.45) is 5.15. The third-order valence-electron chi connectivity index (χ3n) is 5.39. The Labute approximate surface area is 202 Å². The molecule has 0 unspecified atom stereocenters.